The summed E-state index contributed by atoms with van der Waals surface area (Å²) in [6.45, 7) is 5.65. The van der Waals surface area contributed by atoms with Crippen molar-refractivity contribution >= 4 is 17.5 Å². The minimum Gasteiger partial charge on any atom is -0.383 e. The van der Waals surface area contributed by atoms with E-state index in [1.807, 2.05) is 4.90 Å². The summed E-state index contributed by atoms with van der Waals surface area (Å²) in [5.74, 6) is -0.324. The molecule has 1 unspecified atom stereocenters. The zero-order valence-corrected chi connectivity index (χ0v) is 14.9. The summed E-state index contributed by atoms with van der Waals surface area (Å²) < 4.78 is 0. The van der Waals surface area contributed by atoms with E-state index in [-0.39, 0.29) is 18.4 Å². The fraction of sp³-hybridized carbons (Fsp3) is 0.579. The van der Waals surface area contributed by atoms with Gasteiger partial charge in [-0.15, -0.1) is 0 Å². The van der Waals surface area contributed by atoms with E-state index >= 15 is 0 Å². The topological polar surface area (TPSA) is 64.1 Å². The fourth-order valence-electron chi connectivity index (χ4n) is 3.54. The first-order valence-corrected chi connectivity index (χ1v) is 9.11. The number of aliphatic hydroxyl groups excluding tert-OH is 1. The first-order chi connectivity index (χ1) is 12.0. The molecular weight excluding hydrogens is 318 g/mol. The van der Waals surface area contributed by atoms with Crippen LogP contribution in [0.3, 0.4) is 0 Å². The molecule has 0 saturated carbocycles. The molecule has 3 rings (SSSR count). The van der Waals surface area contributed by atoms with Gasteiger partial charge in [-0.3, -0.25) is 9.59 Å². The van der Waals surface area contributed by atoms with E-state index in [9.17, 15) is 14.7 Å². The maximum Gasteiger partial charge on any atom is 0.251 e. The SMILES string of the molecule is Cc1cccc(N2CCN(C(=O)CN3CCCCC(O)C3=O)CC2)c1. The summed E-state index contributed by atoms with van der Waals surface area (Å²) >= 11 is 0. The van der Waals surface area contributed by atoms with E-state index in [2.05, 4.69) is 36.1 Å². The second-order valence-electron chi connectivity index (χ2n) is 6.98. The lowest BCUT2D eigenvalue weighted by Crippen LogP contribution is -2.52. The fourth-order valence-corrected chi connectivity index (χ4v) is 3.54. The van der Waals surface area contributed by atoms with Crippen LogP contribution in [0.4, 0.5) is 5.69 Å². The highest BCUT2D eigenvalue weighted by atomic mass is 16.3. The molecule has 2 saturated heterocycles. The minimum absolute atomic E-state index is 0.0219. The molecule has 0 bridgehead atoms. The number of carbonyl (C=O) groups excluding carboxylic acids is 2. The van der Waals surface area contributed by atoms with Crippen molar-refractivity contribution in [2.75, 3.05) is 44.2 Å². The van der Waals surface area contributed by atoms with Crippen LogP contribution in [0.5, 0.6) is 0 Å². The molecule has 2 aliphatic rings. The number of hydrogen-bond acceptors (Lipinski definition) is 4. The summed E-state index contributed by atoms with van der Waals surface area (Å²) in [5.41, 5.74) is 2.42. The van der Waals surface area contributed by atoms with Crippen LogP contribution in [0.25, 0.3) is 0 Å². The van der Waals surface area contributed by atoms with E-state index in [4.69, 9.17) is 0 Å². The number of hydrogen-bond donors (Lipinski definition) is 1. The van der Waals surface area contributed by atoms with Crippen LogP contribution in [-0.2, 0) is 9.59 Å². The largest absolute Gasteiger partial charge is 0.383 e. The zero-order valence-electron chi connectivity index (χ0n) is 14.9. The molecule has 0 radical (unpaired) electrons. The molecule has 2 fully saturated rings. The summed E-state index contributed by atoms with van der Waals surface area (Å²) in [6.07, 6.45) is 1.22. The summed E-state index contributed by atoms with van der Waals surface area (Å²) in [4.78, 5) is 30.3. The Balaban J connectivity index is 1.53. The molecule has 0 aromatic heterocycles. The monoisotopic (exact) mass is 345 g/mol. The van der Waals surface area contributed by atoms with Crippen molar-refractivity contribution in [1.82, 2.24) is 9.80 Å². The maximum absolute atomic E-state index is 12.6. The Bertz CT molecular complexity index is 626. The molecule has 2 heterocycles. The number of piperazine rings is 1. The molecule has 1 atom stereocenters. The van der Waals surface area contributed by atoms with Gasteiger partial charge >= 0.3 is 0 Å². The van der Waals surface area contributed by atoms with Crippen molar-refractivity contribution in [3.05, 3.63) is 29.8 Å². The average Bonchev–Trinajstić information content (AvgIpc) is 2.77. The molecule has 1 aromatic carbocycles. The predicted molar refractivity (Wildman–Crippen MR) is 96.4 cm³/mol. The van der Waals surface area contributed by atoms with E-state index in [0.29, 0.717) is 26.1 Å². The number of benzene rings is 1. The zero-order chi connectivity index (χ0) is 17.8. The smallest absolute Gasteiger partial charge is 0.251 e. The Morgan fingerprint density at radius 1 is 1.16 bits per heavy atom. The van der Waals surface area contributed by atoms with Gasteiger partial charge in [-0.1, -0.05) is 12.1 Å². The number of anilines is 1. The van der Waals surface area contributed by atoms with Gasteiger partial charge in [0.25, 0.3) is 5.91 Å². The van der Waals surface area contributed by atoms with Gasteiger partial charge in [-0.05, 0) is 43.9 Å². The number of amides is 2. The quantitative estimate of drug-likeness (QED) is 0.888. The lowest BCUT2D eigenvalue weighted by atomic mass is 10.2. The van der Waals surface area contributed by atoms with Gasteiger partial charge < -0.3 is 19.8 Å². The van der Waals surface area contributed by atoms with Gasteiger partial charge in [-0.2, -0.15) is 0 Å². The third-order valence-corrected chi connectivity index (χ3v) is 5.08. The number of carbonyl (C=O) groups is 2. The Morgan fingerprint density at radius 2 is 1.92 bits per heavy atom. The van der Waals surface area contributed by atoms with Gasteiger partial charge in [0.05, 0.1) is 6.54 Å². The molecule has 0 aliphatic carbocycles. The van der Waals surface area contributed by atoms with Gasteiger partial charge in [0, 0.05) is 38.4 Å². The summed E-state index contributed by atoms with van der Waals surface area (Å²) in [6, 6.07) is 8.39. The molecule has 2 aliphatic heterocycles. The molecule has 6 heteroatoms. The number of aryl methyl sites for hydroxylation is 1. The normalized spacial score (nSPS) is 22.1. The Morgan fingerprint density at radius 3 is 2.64 bits per heavy atom. The first-order valence-electron chi connectivity index (χ1n) is 9.11. The maximum atomic E-state index is 12.6. The van der Waals surface area contributed by atoms with Crippen LogP contribution in [-0.4, -0.2) is 72.1 Å². The molecule has 1 aromatic rings. The minimum atomic E-state index is -0.950. The van der Waals surface area contributed by atoms with E-state index < -0.39 is 6.10 Å². The van der Waals surface area contributed by atoms with E-state index in [1.165, 1.54) is 16.2 Å². The predicted octanol–water partition coefficient (Wildman–Crippen LogP) is 1.02. The molecule has 6 nitrogen and oxygen atoms in total. The lowest BCUT2D eigenvalue weighted by molar-refractivity contribution is -0.145. The summed E-state index contributed by atoms with van der Waals surface area (Å²) in [5, 5.41) is 9.81. The van der Waals surface area contributed by atoms with Gasteiger partial charge in [0.2, 0.25) is 5.91 Å². The number of aliphatic hydroxyl groups is 1. The molecule has 0 spiro atoms. The molecular formula is C19H27N3O3. The number of likely N-dealkylation sites (tertiary alicyclic amines) is 1. The Labute approximate surface area is 149 Å². The average molecular weight is 345 g/mol. The second-order valence-corrected chi connectivity index (χ2v) is 6.98. The van der Waals surface area contributed by atoms with Crippen LogP contribution in [0.2, 0.25) is 0 Å². The van der Waals surface area contributed by atoms with Crippen LogP contribution < -0.4 is 4.90 Å². The van der Waals surface area contributed by atoms with Crippen molar-refractivity contribution in [2.45, 2.75) is 32.3 Å². The third-order valence-electron chi connectivity index (χ3n) is 5.08. The highest BCUT2D eigenvalue weighted by Gasteiger charge is 2.29. The molecule has 2 amide bonds. The van der Waals surface area contributed by atoms with Gasteiger partial charge in [0.1, 0.15) is 6.10 Å². The van der Waals surface area contributed by atoms with E-state index in [0.717, 1.165) is 25.9 Å². The third kappa shape index (κ3) is 4.31. The van der Waals surface area contributed by atoms with Crippen molar-refractivity contribution in [3.63, 3.8) is 0 Å². The van der Waals surface area contributed by atoms with Crippen LogP contribution in [0.1, 0.15) is 24.8 Å². The van der Waals surface area contributed by atoms with Crippen LogP contribution in [0, 0.1) is 6.92 Å². The first kappa shape index (κ1) is 17.7. The Hall–Kier alpha value is -2.08. The second kappa shape index (κ2) is 7.87. The molecule has 1 N–H and O–H groups in total. The summed E-state index contributed by atoms with van der Waals surface area (Å²) in [7, 11) is 0. The standard InChI is InChI=1S/C19H27N3O3/c1-15-5-4-6-16(13-15)20-9-11-21(12-10-20)18(24)14-22-8-3-2-7-17(23)19(22)25/h4-6,13,17,23H,2-3,7-12,14H2,1H3. The van der Waals surface area contributed by atoms with Gasteiger partial charge in [0.15, 0.2) is 0 Å². The van der Waals surface area contributed by atoms with Crippen molar-refractivity contribution in [3.8, 4) is 0 Å². The van der Waals surface area contributed by atoms with Crippen molar-refractivity contribution < 1.29 is 14.7 Å². The molecule has 25 heavy (non-hydrogen) atoms. The molecule has 136 valence electrons. The number of rotatable bonds is 3. The van der Waals surface area contributed by atoms with E-state index in [1.54, 1.807) is 0 Å². The highest BCUT2D eigenvalue weighted by Crippen LogP contribution is 2.18. The van der Waals surface area contributed by atoms with Crippen molar-refractivity contribution in [2.24, 2.45) is 0 Å². The van der Waals surface area contributed by atoms with Crippen LogP contribution >= 0.6 is 0 Å². The Kier molecular flexibility index (Phi) is 5.58. The van der Waals surface area contributed by atoms with Crippen LogP contribution in [0.15, 0.2) is 24.3 Å². The highest BCUT2D eigenvalue weighted by molar-refractivity contribution is 5.87. The van der Waals surface area contributed by atoms with Gasteiger partial charge in [-0.25, -0.2) is 0 Å². The van der Waals surface area contributed by atoms with Crippen molar-refractivity contribution in [1.29, 1.82) is 0 Å². The lowest BCUT2D eigenvalue weighted by Gasteiger charge is -2.37. The number of nitrogens with zero attached hydrogens (tertiary/aromatic N) is 3.